The summed E-state index contributed by atoms with van der Waals surface area (Å²) in [5, 5.41) is 11.7. The zero-order chi connectivity index (χ0) is 15.4. The number of urea groups is 1. The molecule has 6 nitrogen and oxygen atoms in total. The van der Waals surface area contributed by atoms with Gasteiger partial charge < -0.3 is 15.3 Å². The lowest BCUT2D eigenvalue weighted by molar-refractivity contribution is -0.138. The topological polar surface area (TPSA) is 72.9 Å². The highest BCUT2D eigenvalue weighted by Crippen LogP contribution is 2.14. The largest absolute Gasteiger partial charge is 0.480 e. The van der Waals surface area contributed by atoms with Crippen molar-refractivity contribution in [1.29, 1.82) is 0 Å². The molecule has 1 fully saturated rings. The molecule has 114 valence electrons. The Labute approximate surface area is 124 Å². The molecule has 0 aromatic heterocycles. The van der Waals surface area contributed by atoms with Crippen molar-refractivity contribution in [3.05, 3.63) is 29.3 Å². The number of rotatable bonds is 3. The predicted octanol–water partition coefficient (Wildman–Crippen LogP) is 1.54. The van der Waals surface area contributed by atoms with Crippen LogP contribution in [-0.4, -0.2) is 59.6 Å². The summed E-state index contributed by atoms with van der Waals surface area (Å²) in [5.41, 5.74) is 3.01. The molecule has 0 aliphatic carbocycles. The smallest absolute Gasteiger partial charge is 0.321 e. The van der Waals surface area contributed by atoms with Gasteiger partial charge in [-0.25, -0.2) is 4.79 Å². The number of nitrogens with one attached hydrogen (secondary N) is 1. The summed E-state index contributed by atoms with van der Waals surface area (Å²) in [7, 11) is 0. The summed E-state index contributed by atoms with van der Waals surface area (Å²) in [4.78, 5) is 26.4. The molecule has 1 aromatic rings. The van der Waals surface area contributed by atoms with Crippen molar-refractivity contribution in [3.8, 4) is 0 Å². The fourth-order valence-electron chi connectivity index (χ4n) is 2.55. The average Bonchev–Trinajstić information content (AvgIpc) is 2.37. The Kier molecular flexibility index (Phi) is 4.80. The summed E-state index contributed by atoms with van der Waals surface area (Å²) in [6.07, 6.45) is 0. The Balaban J connectivity index is 1.88. The van der Waals surface area contributed by atoms with Gasteiger partial charge in [0.25, 0.3) is 0 Å². The van der Waals surface area contributed by atoms with Crippen molar-refractivity contribution in [1.82, 2.24) is 9.80 Å². The first kappa shape index (κ1) is 15.3. The summed E-state index contributed by atoms with van der Waals surface area (Å²) in [6.45, 7) is 6.29. The normalized spacial score (nSPS) is 15.8. The van der Waals surface area contributed by atoms with Gasteiger partial charge in [-0.05, 0) is 37.1 Å². The lowest BCUT2D eigenvalue weighted by Gasteiger charge is -2.33. The number of hydrogen-bond acceptors (Lipinski definition) is 3. The number of carboxylic acids is 1. The minimum absolute atomic E-state index is 0.0343. The van der Waals surface area contributed by atoms with E-state index in [1.54, 1.807) is 4.90 Å². The number of hydrogen-bond donors (Lipinski definition) is 2. The van der Waals surface area contributed by atoms with Gasteiger partial charge in [0.15, 0.2) is 0 Å². The zero-order valence-electron chi connectivity index (χ0n) is 12.4. The van der Waals surface area contributed by atoms with Crippen LogP contribution in [0.1, 0.15) is 11.1 Å². The highest BCUT2D eigenvalue weighted by Gasteiger charge is 2.22. The van der Waals surface area contributed by atoms with Gasteiger partial charge in [-0.15, -0.1) is 0 Å². The first-order valence-electron chi connectivity index (χ1n) is 7.02. The van der Waals surface area contributed by atoms with Crippen LogP contribution in [0.25, 0.3) is 0 Å². The van der Waals surface area contributed by atoms with Crippen LogP contribution in [0.15, 0.2) is 18.2 Å². The third kappa shape index (κ3) is 4.46. The van der Waals surface area contributed by atoms with Gasteiger partial charge in [-0.2, -0.15) is 0 Å². The van der Waals surface area contributed by atoms with Gasteiger partial charge in [0.1, 0.15) is 0 Å². The highest BCUT2D eigenvalue weighted by atomic mass is 16.4. The lowest BCUT2D eigenvalue weighted by atomic mass is 10.1. The van der Waals surface area contributed by atoms with Crippen LogP contribution < -0.4 is 5.32 Å². The summed E-state index contributed by atoms with van der Waals surface area (Å²) in [5.74, 6) is -0.830. The van der Waals surface area contributed by atoms with Crippen LogP contribution in [0.4, 0.5) is 10.5 Å². The Morgan fingerprint density at radius 2 is 1.67 bits per heavy atom. The quantitative estimate of drug-likeness (QED) is 0.886. The SMILES string of the molecule is Cc1cc(C)cc(NC(=O)N2CCN(CC(=O)O)CC2)c1. The first-order chi connectivity index (χ1) is 9.94. The maximum Gasteiger partial charge on any atom is 0.321 e. The Bertz CT molecular complexity index is 517. The molecule has 2 N–H and O–H groups in total. The molecule has 0 radical (unpaired) electrons. The maximum absolute atomic E-state index is 12.2. The molecular formula is C15H21N3O3. The Hall–Kier alpha value is -2.08. The Morgan fingerprint density at radius 3 is 2.19 bits per heavy atom. The molecule has 0 unspecified atom stereocenters. The molecule has 1 saturated heterocycles. The van der Waals surface area contributed by atoms with E-state index in [0.29, 0.717) is 26.2 Å². The van der Waals surface area contributed by atoms with E-state index in [9.17, 15) is 9.59 Å². The number of carboxylic acid groups (broad SMARTS) is 1. The van der Waals surface area contributed by atoms with E-state index in [1.807, 2.05) is 30.9 Å². The van der Waals surface area contributed by atoms with Crippen LogP contribution in [0.2, 0.25) is 0 Å². The van der Waals surface area contributed by atoms with Gasteiger partial charge in [0, 0.05) is 31.9 Å². The van der Waals surface area contributed by atoms with E-state index in [-0.39, 0.29) is 12.6 Å². The van der Waals surface area contributed by atoms with Crippen LogP contribution in [0.3, 0.4) is 0 Å². The average molecular weight is 291 g/mol. The fraction of sp³-hybridized carbons (Fsp3) is 0.467. The molecule has 1 aliphatic heterocycles. The van der Waals surface area contributed by atoms with E-state index in [4.69, 9.17) is 5.11 Å². The number of carbonyl (C=O) groups excluding carboxylic acids is 1. The van der Waals surface area contributed by atoms with Crippen molar-refractivity contribution in [2.24, 2.45) is 0 Å². The standard InChI is InChI=1S/C15H21N3O3/c1-11-7-12(2)9-13(8-11)16-15(21)18-5-3-17(4-6-18)10-14(19)20/h7-9H,3-6,10H2,1-2H3,(H,16,21)(H,19,20). The van der Waals surface area contributed by atoms with E-state index in [2.05, 4.69) is 11.4 Å². The molecule has 0 bridgehead atoms. The molecule has 1 aliphatic rings. The molecular weight excluding hydrogens is 270 g/mol. The molecule has 0 atom stereocenters. The van der Waals surface area contributed by atoms with E-state index < -0.39 is 5.97 Å². The number of benzene rings is 1. The molecule has 6 heteroatoms. The van der Waals surface area contributed by atoms with E-state index >= 15 is 0 Å². The third-order valence-corrected chi connectivity index (χ3v) is 3.49. The van der Waals surface area contributed by atoms with Gasteiger partial charge in [-0.3, -0.25) is 9.69 Å². The zero-order valence-corrected chi connectivity index (χ0v) is 12.4. The second-order valence-electron chi connectivity index (χ2n) is 5.46. The maximum atomic E-state index is 12.2. The minimum Gasteiger partial charge on any atom is -0.480 e. The molecule has 2 amide bonds. The number of aryl methyl sites for hydroxylation is 2. The first-order valence-corrected chi connectivity index (χ1v) is 7.02. The number of aliphatic carboxylic acids is 1. The van der Waals surface area contributed by atoms with Crippen molar-refractivity contribution in [2.75, 3.05) is 38.0 Å². The third-order valence-electron chi connectivity index (χ3n) is 3.49. The molecule has 21 heavy (non-hydrogen) atoms. The molecule has 0 saturated carbocycles. The van der Waals surface area contributed by atoms with Gasteiger partial charge in [-0.1, -0.05) is 6.07 Å². The highest BCUT2D eigenvalue weighted by molar-refractivity contribution is 5.89. The van der Waals surface area contributed by atoms with Gasteiger partial charge in [0.05, 0.1) is 6.54 Å². The van der Waals surface area contributed by atoms with Crippen molar-refractivity contribution < 1.29 is 14.7 Å². The number of nitrogens with zero attached hydrogens (tertiary/aromatic N) is 2. The van der Waals surface area contributed by atoms with Crippen LogP contribution in [0, 0.1) is 13.8 Å². The van der Waals surface area contributed by atoms with Crippen LogP contribution >= 0.6 is 0 Å². The van der Waals surface area contributed by atoms with Crippen molar-refractivity contribution >= 4 is 17.7 Å². The molecule has 2 rings (SSSR count). The number of amides is 2. The van der Waals surface area contributed by atoms with Crippen molar-refractivity contribution in [3.63, 3.8) is 0 Å². The fourth-order valence-corrected chi connectivity index (χ4v) is 2.55. The number of anilines is 1. The molecule has 1 heterocycles. The second kappa shape index (κ2) is 6.58. The minimum atomic E-state index is -0.830. The number of piperazine rings is 1. The summed E-state index contributed by atoms with van der Waals surface area (Å²) >= 11 is 0. The predicted molar refractivity (Wildman–Crippen MR) is 80.6 cm³/mol. The Morgan fingerprint density at radius 1 is 1.10 bits per heavy atom. The van der Waals surface area contributed by atoms with E-state index in [1.165, 1.54) is 0 Å². The van der Waals surface area contributed by atoms with Crippen molar-refractivity contribution in [2.45, 2.75) is 13.8 Å². The second-order valence-corrected chi connectivity index (χ2v) is 5.46. The molecule has 0 spiro atoms. The van der Waals surface area contributed by atoms with Crippen LogP contribution in [0.5, 0.6) is 0 Å². The number of carbonyl (C=O) groups is 2. The van der Waals surface area contributed by atoms with Gasteiger partial charge in [0.2, 0.25) is 0 Å². The van der Waals surface area contributed by atoms with E-state index in [0.717, 1.165) is 16.8 Å². The summed E-state index contributed by atoms with van der Waals surface area (Å²) < 4.78 is 0. The van der Waals surface area contributed by atoms with Crippen LogP contribution in [-0.2, 0) is 4.79 Å². The lowest BCUT2D eigenvalue weighted by Crippen LogP contribution is -2.51. The van der Waals surface area contributed by atoms with Gasteiger partial charge >= 0.3 is 12.0 Å². The summed E-state index contributed by atoms with van der Waals surface area (Å²) in [6, 6.07) is 5.80. The monoisotopic (exact) mass is 291 g/mol. The molecule has 1 aromatic carbocycles.